The summed E-state index contributed by atoms with van der Waals surface area (Å²) < 4.78 is 36.6. The van der Waals surface area contributed by atoms with Gasteiger partial charge in [-0.2, -0.15) is 13.2 Å². The summed E-state index contributed by atoms with van der Waals surface area (Å²) in [6, 6.07) is -0.286. The van der Waals surface area contributed by atoms with Crippen molar-refractivity contribution in [2.75, 3.05) is 26.2 Å². The van der Waals surface area contributed by atoms with Crippen LogP contribution in [0.1, 0.15) is 26.2 Å². The van der Waals surface area contributed by atoms with Crippen molar-refractivity contribution in [2.45, 2.75) is 38.4 Å². The van der Waals surface area contributed by atoms with Crippen LogP contribution in [0, 0.1) is 5.92 Å². The van der Waals surface area contributed by atoms with E-state index in [-0.39, 0.29) is 18.5 Å². The highest BCUT2D eigenvalue weighted by molar-refractivity contribution is 5.69. The van der Waals surface area contributed by atoms with Crippen molar-refractivity contribution in [3.8, 4) is 0 Å². The number of likely N-dealkylation sites (tertiary alicyclic amines) is 1. The lowest BCUT2D eigenvalue weighted by Crippen LogP contribution is -2.52. The third-order valence-corrected chi connectivity index (χ3v) is 3.26. The quantitative estimate of drug-likeness (QED) is 0.779. The molecule has 0 spiro atoms. The van der Waals surface area contributed by atoms with Gasteiger partial charge < -0.3 is 10.4 Å². The Labute approximate surface area is 111 Å². The van der Waals surface area contributed by atoms with Crippen molar-refractivity contribution in [1.29, 1.82) is 0 Å². The lowest BCUT2D eigenvalue weighted by molar-refractivity contribution is -0.139. The van der Waals surface area contributed by atoms with E-state index < -0.39 is 18.7 Å². The minimum atomic E-state index is -4.23. The Balaban J connectivity index is 2.51. The van der Waals surface area contributed by atoms with Gasteiger partial charge in [0.2, 0.25) is 0 Å². The van der Waals surface area contributed by atoms with Crippen LogP contribution >= 0.6 is 0 Å². The maximum Gasteiger partial charge on any atom is 0.401 e. The summed E-state index contributed by atoms with van der Waals surface area (Å²) >= 11 is 0. The highest BCUT2D eigenvalue weighted by Crippen LogP contribution is 2.22. The van der Waals surface area contributed by atoms with Crippen molar-refractivity contribution in [3.05, 3.63) is 0 Å². The van der Waals surface area contributed by atoms with Crippen molar-refractivity contribution in [3.63, 3.8) is 0 Å². The van der Waals surface area contributed by atoms with Gasteiger partial charge in [-0.1, -0.05) is 13.3 Å². The Morgan fingerprint density at radius 2 is 2.11 bits per heavy atom. The molecule has 0 bridgehead atoms. The van der Waals surface area contributed by atoms with E-state index in [2.05, 4.69) is 5.32 Å². The molecule has 1 heterocycles. The number of hydrogen-bond acceptors (Lipinski definition) is 3. The van der Waals surface area contributed by atoms with Gasteiger partial charge in [-0.05, 0) is 18.8 Å². The maximum absolute atomic E-state index is 12.2. The van der Waals surface area contributed by atoms with Crippen LogP contribution < -0.4 is 5.32 Å². The van der Waals surface area contributed by atoms with Gasteiger partial charge in [0.25, 0.3) is 0 Å². The van der Waals surface area contributed by atoms with E-state index in [9.17, 15) is 18.0 Å². The first-order valence-corrected chi connectivity index (χ1v) is 6.54. The Kier molecular flexibility index (Phi) is 6.06. The van der Waals surface area contributed by atoms with E-state index in [1.807, 2.05) is 6.92 Å². The summed E-state index contributed by atoms with van der Waals surface area (Å²) in [5.74, 6) is -0.671. The standard InChI is InChI=1S/C12H21F3N2O2/c1-2-3-9-4-10(16-8-12(13,14)15)6-17(5-9)7-11(18)19/h9-10,16H,2-8H2,1H3,(H,18,19). The third-order valence-electron chi connectivity index (χ3n) is 3.26. The molecule has 19 heavy (non-hydrogen) atoms. The van der Waals surface area contributed by atoms with Crippen LogP contribution in [0.5, 0.6) is 0 Å². The number of piperidine rings is 1. The summed E-state index contributed by atoms with van der Waals surface area (Å²) in [6.07, 6.45) is -1.67. The molecule has 0 aromatic carbocycles. The fraction of sp³-hybridized carbons (Fsp3) is 0.917. The molecule has 0 radical (unpaired) electrons. The number of nitrogens with zero attached hydrogens (tertiary/aromatic N) is 1. The maximum atomic E-state index is 12.2. The van der Waals surface area contributed by atoms with Crippen LogP contribution in [-0.2, 0) is 4.79 Å². The summed E-state index contributed by atoms with van der Waals surface area (Å²) in [5, 5.41) is 11.3. The van der Waals surface area contributed by atoms with Gasteiger partial charge in [-0.15, -0.1) is 0 Å². The number of alkyl halides is 3. The molecular formula is C12H21F3N2O2. The highest BCUT2D eigenvalue weighted by Gasteiger charge is 2.32. The average molecular weight is 282 g/mol. The van der Waals surface area contributed by atoms with Crippen molar-refractivity contribution < 1.29 is 23.1 Å². The number of carboxylic acid groups (broad SMARTS) is 1. The van der Waals surface area contributed by atoms with Crippen molar-refractivity contribution in [1.82, 2.24) is 10.2 Å². The molecule has 0 saturated carbocycles. The van der Waals surface area contributed by atoms with Gasteiger partial charge in [0.15, 0.2) is 0 Å². The number of hydrogen-bond donors (Lipinski definition) is 2. The number of halogens is 3. The Bertz CT molecular complexity index is 297. The summed E-state index contributed by atoms with van der Waals surface area (Å²) in [7, 11) is 0. The lowest BCUT2D eigenvalue weighted by atomic mass is 9.90. The summed E-state index contributed by atoms with van der Waals surface area (Å²) in [5.41, 5.74) is 0. The van der Waals surface area contributed by atoms with E-state index in [4.69, 9.17) is 5.11 Å². The van der Waals surface area contributed by atoms with Crippen LogP contribution in [0.15, 0.2) is 0 Å². The minimum Gasteiger partial charge on any atom is -0.480 e. The van der Waals surface area contributed by atoms with E-state index in [1.165, 1.54) is 0 Å². The predicted octanol–water partition coefficient (Wildman–Crippen LogP) is 1.71. The molecule has 4 nitrogen and oxygen atoms in total. The van der Waals surface area contributed by atoms with Crippen molar-refractivity contribution >= 4 is 5.97 Å². The largest absolute Gasteiger partial charge is 0.480 e. The second kappa shape index (κ2) is 7.09. The van der Waals surface area contributed by atoms with Crippen LogP contribution in [0.3, 0.4) is 0 Å². The minimum absolute atomic E-state index is 0.107. The second-order valence-corrected chi connectivity index (χ2v) is 5.17. The zero-order chi connectivity index (χ0) is 14.5. The molecule has 0 aromatic rings. The molecule has 2 N–H and O–H groups in total. The fourth-order valence-electron chi connectivity index (χ4n) is 2.65. The third kappa shape index (κ3) is 6.77. The van der Waals surface area contributed by atoms with Crippen molar-refractivity contribution in [2.24, 2.45) is 5.92 Å². The zero-order valence-electron chi connectivity index (χ0n) is 11.0. The summed E-state index contributed by atoms with van der Waals surface area (Å²) in [6.45, 7) is 1.92. The average Bonchev–Trinajstić information content (AvgIpc) is 2.24. The molecule has 0 aromatic heterocycles. The number of nitrogens with one attached hydrogen (secondary N) is 1. The number of aliphatic carboxylic acids is 1. The lowest BCUT2D eigenvalue weighted by Gasteiger charge is -2.37. The molecule has 2 unspecified atom stereocenters. The molecule has 1 rings (SSSR count). The van der Waals surface area contributed by atoms with Crippen LogP contribution in [-0.4, -0.2) is 54.4 Å². The number of carbonyl (C=O) groups is 1. The smallest absolute Gasteiger partial charge is 0.401 e. The molecule has 1 fully saturated rings. The van der Waals surface area contributed by atoms with Gasteiger partial charge in [-0.3, -0.25) is 9.69 Å². The molecule has 1 aliphatic heterocycles. The van der Waals surface area contributed by atoms with E-state index in [0.717, 1.165) is 12.8 Å². The second-order valence-electron chi connectivity index (χ2n) is 5.17. The Hall–Kier alpha value is -0.820. The van der Waals surface area contributed by atoms with E-state index in [1.54, 1.807) is 4.90 Å². The molecule has 7 heteroatoms. The van der Waals surface area contributed by atoms with Gasteiger partial charge in [0.05, 0.1) is 13.1 Å². The van der Waals surface area contributed by atoms with Crippen LogP contribution in [0.25, 0.3) is 0 Å². The van der Waals surface area contributed by atoms with Gasteiger partial charge in [0, 0.05) is 19.1 Å². The van der Waals surface area contributed by atoms with Gasteiger partial charge in [0.1, 0.15) is 0 Å². The molecule has 0 aliphatic carbocycles. The first-order chi connectivity index (χ1) is 8.80. The summed E-state index contributed by atoms with van der Waals surface area (Å²) in [4.78, 5) is 12.4. The molecule has 1 aliphatic rings. The van der Waals surface area contributed by atoms with Gasteiger partial charge in [-0.25, -0.2) is 0 Å². The molecule has 112 valence electrons. The monoisotopic (exact) mass is 282 g/mol. The molecule has 0 amide bonds. The van der Waals surface area contributed by atoms with Crippen LogP contribution in [0.4, 0.5) is 13.2 Å². The Morgan fingerprint density at radius 1 is 1.42 bits per heavy atom. The Morgan fingerprint density at radius 3 is 2.63 bits per heavy atom. The van der Waals surface area contributed by atoms with Gasteiger partial charge >= 0.3 is 12.1 Å². The van der Waals surface area contributed by atoms with Crippen LogP contribution in [0.2, 0.25) is 0 Å². The molecular weight excluding hydrogens is 261 g/mol. The number of carboxylic acids is 1. The van der Waals surface area contributed by atoms with E-state index >= 15 is 0 Å². The fourth-order valence-corrected chi connectivity index (χ4v) is 2.65. The predicted molar refractivity (Wildman–Crippen MR) is 64.9 cm³/mol. The normalized spacial score (nSPS) is 25.5. The highest BCUT2D eigenvalue weighted by atomic mass is 19.4. The SMILES string of the molecule is CCCC1CC(NCC(F)(F)F)CN(CC(=O)O)C1. The zero-order valence-corrected chi connectivity index (χ0v) is 11.0. The van der Waals surface area contributed by atoms with E-state index in [0.29, 0.717) is 19.5 Å². The number of rotatable bonds is 6. The first-order valence-electron chi connectivity index (χ1n) is 6.54. The molecule has 2 atom stereocenters. The molecule has 1 saturated heterocycles. The topological polar surface area (TPSA) is 52.6 Å². The first kappa shape index (κ1) is 16.2.